The molecule has 0 saturated carbocycles. The number of ether oxygens (including phenoxy) is 3. The number of nitrogen functional groups attached to an aromatic ring is 1. The minimum absolute atomic E-state index is 0.0694. The Hall–Kier alpha value is -4.02. The van der Waals surface area contributed by atoms with Crippen LogP contribution in [0.1, 0.15) is 81.6 Å². The van der Waals surface area contributed by atoms with Crippen LogP contribution in [0.4, 0.5) is 15.3 Å². The van der Waals surface area contributed by atoms with E-state index in [2.05, 4.69) is 10.3 Å². The normalized spacial score (nSPS) is 14.2. The first kappa shape index (κ1) is 33.5. The molecule has 1 aromatic heterocycles. The van der Waals surface area contributed by atoms with Crippen LogP contribution in [0.5, 0.6) is 5.75 Å². The number of rotatable bonds is 8. The number of piperidine rings is 1. The highest BCUT2D eigenvalue weighted by atomic mass is 16.6. The lowest BCUT2D eigenvalue weighted by molar-refractivity contribution is 0.00866. The maximum Gasteiger partial charge on any atom is 0.410 e. The van der Waals surface area contributed by atoms with E-state index < -0.39 is 17.3 Å². The van der Waals surface area contributed by atoms with Gasteiger partial charge in [0.25, 0.3) is 5.91 Å². The molecule has 1 aliphatic rings. The summed E-state index contributed by atoms with van der Waals surface area (Å²) in [5.74, 6) is 0.458. The SMILES string of the molecule is COc1cc(C)ccc1CNC(=O)c1ccnc(CN(CC2CCN(C(=O)OC(C)(C)C)CC2)C(=O)OC(C)(C)C)c1N. The second-order valence-corrected chi connectivity index (χ2v) is 13.0. The number of amides is 3. The fourth-order valence-electron chi connectivity index (χ4n) is 4.76. The molecule has 2 heterocycles. The number of aromatic nitrogens is 1. The number of carbonyl (C=O) groups excluding carboxylic acids is 3. The first-order valence-corrected chi connectivity index (χ1v) is 14.7. The fraction of sp³-hybridized carbons (Fsp3) is 0.562. The fourth-order valence-corrected chi connectivity index (χ4v) is 4.76. The van der Waals surface area contributed by atoms with Gasteiger partial charge in [-0.15, -0.1) is 0 Å². The number of likely N-dealkylation sites (tertiary alicyclic amines) is 1. The molecule has 1 saturated heterocycles. The average molecular weight is 598 g/mol. The van der Waals surface area contributed by atoms with Crippen LogP contribution >= 0.6 is 0 Å². The largest absolute Gasteiger partial charge is 0.496 e. The molecule has 43 heavy (non-hydrogen) atoms. The highest BCUT2D eigenvalue weighted by molar-refractivity contribution is 5.99. The van der Waals surface area contributed by atoms with Gasteiger partial charge in [0.15, 0.2) is 0 Å². The summed E-state index contributed by atoms with van der Waals surface area (Å²) in [4.78, 5) is 46.6. The molecule has 11 heteroatoms. The lowest BCUT2D eigenvalue weighted by Crippen LogP contribution is -2.45. The lowest BCUT2D eigenvalue weighted by atomic mass is 9.96. The summed E-state index contributed by atoms with van der Waals surface area (Å²) < 4.78 is 16.7. The maximum atomic E-state index is 13.3. The van der Waals surface area contributed by atoms with Gasteiger partial charge >= 0.3 is 12.2 Å². The Balaban J connectivity index is 1.72. The van der Waals surface area contributed by atoms with Crippen LogP contribution in [0, 0.1) is 12.8 Å². The molecule has 0 aliphatic carbocycles. The molecule has 3 N–H and O–H groups in total. The molecule has 0 bridgehead atoms. The van der Waals surface area contributed by atoms with Crippen molar-refractivity contribution >= 4 is 23.8 Å². The number of carbonyl (C=O) groups is 3. The van der Waals surface area contributed by atoms with E-state index in [-0.39, 0.29) is 42.3 Å². The van der Waals surface area contributed by atoms with E-state index in [9.17, 15) is 14.4 Å². The number of nitrogens with two attached hydrogens (primary N) is 1. The Morgan fingerprint density at radius 3 is 2.30 bits per heavy atom. The van der Waals surface area contributed by atoms with Gasteiger partial charge in [0, 0.05) is 37.9 Å². The zero-order valence-electron chi connectivity index (χ0n) is 26.8. The predicted octanol–water partition coefficient (Wildman–Crippen LogP) is 5.30. The second-order valence-electron chi connectivity index (χ2n) is 13.0. The van der Waals surface area contributed by atoms with E-state index in [1.165, 1.54) is 6.20 Å². The predicted molar refractivity (Wildman–Crippen MR) is 165 cm³/mol. The minimum atomic E-state index is -0.701. The van der Waals surface area contributed by atoms with Crippen molar-refractivity contribution in [3.05, 3.63) is 52.8 Å². The molecule has 3 amide bonds. The minimum Gasteiger partial charge on any atom is -0.496 e. The van der Waals surface area contributed by atoms with Gasteiger partial charge in [-0.05, 0) is 84.9 Å². The number of nitrogens with zero attached hydrogens (tertiary/aromatic N) is 3. The summed E-state index contributed by atoms with van der Waals surface area (Å²) in [6, 6.07) is 7.33. The molecular formula is C32H47N5O6. The second kappa shape index (κ2) is 14.0. The number of methoxy groups -OCH3 is 1. The molecule has 236 valence electrons. The monoisotopic (exact) mass is 597 g/mol. The highest BCUT2D eigenvalue weighted by Gasteiger charge is 2.31. The van der Waals surface area contributed by atoms with Crippen LogP contribution in [0.3, 0.4) is 0 Å². The van der Waals surface area contributed by atoms with Crippen LogP contribution in [0.25, 0.3) is 0 Å². The van der Waals surface area contributed by atoms with Crippen molar-refractivity contribution in [2.75, 3.05) is 32.5 Å². The average Bonchev–Trinajstić information content (AvgIpc) is 2.91. The molecule has 1 aliphatic heterocycles. The van der Waals surface area contributed by atoms with Gasteiger partial charge in [-0.25, -0.2) is 9.59 Å². The number of anilines is 1. The topological polar surface area (TPSA) is 136 Å². The Morgan fingerprint density at radius 2 is 1.70 bits per heavy atom. The zero-order valence-corrected chi connectivity index (χ0v) is 26.8. The van der Waals surface area contributed by atoms with Crippen LogP contribution in [-0.2, 0) is 22.6 Å². The van der Waals surface area contributed by atoms with Gasteiger partial charge in [-0.1, -0.05) is 12.1 Å². The quantitative estimate of drug-likeness (QED) is 0.419. The smallest absolute Gasteiger partial charge is 0.410 e. The van der Waals surface area contributed by atoms with Crippen molar-refractivity contribution in [3.8, 4) is 5.75 Å². The van der Waals surface area contributed by atoms with Gasteiger partial charge in [0.2, 0.25) is 0 Å². The van der Waals surface area contributed by atoms with Crippen molar-refractivity contribution in [2.45, 2.75) is 85.6 Å². The lowest BCUT2D eigenvalue weighted by Gasteiger charge is -2.36. The van der Waals surface area contributed by atoms with Gasteiger partial charge in [0.1, 0.15) is 17.0 Å². The molecule has 1 fully saturated rings. The van der Waals surface area contributed by atoms with Gasteiger partial charge in [-0.2, -0.15) is 0 Å². The van der Waals surface area contributed by atoms with E-state index in [4.69, 9.17) is 19.9 Å². The van der Waals surface area contributed by atoms with Crippen LogP contribution in [0.15, 0.2) is 30.5 Å². The molecule has 0 spiro atoms. The number of hydrogen-bond acceptors (Lipinski definition) is 8. The van der Waals surface area contributed by atoms with E-state index >= 15 is 0 Å². The molecule has 11 nitrogen and oxygen atoms in total. The Bertz CT molecular complexity index is 1290. The van der Waals surface area contributed by atoms with Crippen LogP contribution < -0.4 is 15.8 Å². The van der Waals surface area contributed by atoms with E-state index in [1.807, 2.05) is 66.7 Å². The molecule has 2 aromatic rings. The molecule has 3 rings (SSSR count). The number of pyridine rings is 1. The summed E-state index contributed by atoms with van der Waals surface area (Å²) in [7, 11) is 1.59. The molecule has 0 unspecified atom stereocenters. The number of nitrogens with one attached hydrogen (secondary N) is 1. The third-order valence-corrected chi connectivity index (χ3v) is 6.94. The van der Waals surface area contributed by atoms with Crippen LogP contribution in [0.2, 0.25) is 0 Å². The van der Waals surface area contributed by atoms with E-state index in [1.54, 1.807) is 23.0 Å². The molecule has 0 radical (unpaired) electrons. The molecule has 1 aromatic carbocycles. The number of benzene rings is 1. The van der Waals surface area contributed by atoms with Gasteiger partial charge in [0.05, 0.1) is 30.6 Å². The van der Waals surface area contributed by atoms with Crippen molar-refractivity contribution in [1.29, 1.82) is 0 Å². The number of aryl methyl sites for hydroxylation is 1. The zero-order chi connectivity index (χ0) is 31.9. The Kier molecular flexibility index (Phi) is 10.9. The maximum absolute atomic E-state index is 13.3. The Labute approximate surface area is 255 Å². The van der Waals surface area contributed by atoms with Gasteiger partial charge in [-0.3, -0.25) is 9.78 Å². The summed E-state index contributed by atoms with van der Waals surface area (Å²) in [6.07, 6.45) is 2.09. The van der Waals surface area contributed by atoms with Crippen molar-refractivity contribution in [1.82, 2.24) is 20.1 Å². The summed E-state index contributed by atoms with van der Waals surface area (Å²) in [5.41, 5.74) is 7.95. The van der Waals surface area contributed by atoms with Crippen LogP contribution in [-0.4, -0.2) is 70.8 Å². The number of hydrogen-bond donors (Lipinski definition) is 2. The van der Waals surface area contributed by atoms with E-state index in [0.29, 0.717) is 43.9 Å². The standard InChI is InChI=1S/C32H47N5O6/c1-21-9-10-23(26(17-21)41-8)18-35-28(38)24-11-14-34-25(27(24)33)20-37(30(40)43-32(5,6)7)19-22-12-15-36(16-13-22)29(39)42-31(2,3)4/h9-11,14,17,22H,12-13,15-16,18-20,33H2,1-8H3,(H,35,38). The van der Waals surface area contributed by atoms with Crippen molar-refractivity contribution < 1.29 is 28.6 Å². The van der Waals surface area contributed by atoms with Crippen molar-refractivity contribution in [3.63, 3.8) is 0 Å². The van der Waals surface area contributed by atoms with Gasteiger partial charge < -0.3 is 35.1 Å². The first-order chi connectivity index (χ1) is 20.1. The first-order valence-electron chi connectivity index (χ1n) is 14.7. The third-order valence-electron chi connectivity index (χ3n) is 6.94. The van der Waals surface area contributed by atoms with Crippen molar-refractivity contribution in [2.24, 2.45) is 5.92 Å². The summed E-state index contributed by atoms with van der Waals surface area (Å²) in [6.45, 7) is 14.7. The molecule has 0 atom stereocenters. The summed E-state index contributed by atoms with van der Waals surface area (Å²) >= 11 is 0. The summed E-state index contributed by atoms with van der Waals surface area (Å²) in [5, 5.41) is 2.90. The highest BCUT2D eigenvalue weighted by Crippen LogP contribution is 2.25. The molecular weight excluding hydrogens is 550 g/mol. The van der Waals surface area contributed by atoms with E-state index in [0.717, 1.165) is 11.1 Å². The third kappa shape index (κ3) is 10.0. The Morgan fingerprint density at radius 1 is 1.05 bits per heavy atom.